The van der Waals surface area contributed by atoms with Crippen LogP contribution in [-0.2, 0) is 10.0 Å². The Morgan fingerprint density at radius 2 is 1.74 bits per heavy atom. The maximum atomic E-state index is 12.9. The molecule has 0 spiro atoms. The number of fused-ring (bicyclic) bond motifs is 1. The molecule has 0 atom stereocenters. The van der Waals surface area contributed by atoms with Gasteiger partial charge < -0.3 is 5.73 Å². The first-order valence-corrected chi connectivity index (χ1v) is 8.55. The Kier molecular flexibility index (Phi) is 3.79. The number of hydrogen-bond acceptors (Lipinski definition) is 4. The molecule has 5 nitrogen and oxygen atoms in total. The van der Waals surface area contributed by atoms with Gasteiger partial charge >= 0.3 is 0 Å². The summed E-state index contributed by atoms with van der Waals surface area (Å²) in [6.07, 6.45) is 1.36. The lowest BCUT2D eigenvalue weighted by Crippen LogP contribution is -2.14. The Hall–Kier alpha value is -2.44. The fourth-order valence-electron chi connectivity index (χ4n) is 2.50. The Morgan fingerprint density at radius 1 is 1.09 bits per heavy atom. The molecule has 2 N–H and O–H groups in total. The Balaban J connectivity index is 2.27. The number of nitrogens with two attached hydrogens (primary N) is 1. The van der Waals surface area contributed by atoms with Crippen LogP contribution in [0.3, 0.4) is 0 Å². The van der Waals surface area contributed by atoms with Gasteiger partial charge in [-0.2, -0.15) is 0 Å². The van der Waals surface area contributed by atoms with E-state index in [1.54, 1.807) is 48.5 Å². The highest BCUT2D eigenvalue weighted by molar-refractivity contribution is 7.90. The lowest BCUT2D eigenvalue weighted by atomic mass is 10.1. The third-order valence-electron chi connectivity index (χ3n) is 3.74. The van der Waals surface area contributed by atoms with Crippen molar-refractivity contribution in [2.75, 3.05) is 6.54 Å². The van der Waals surface area contributed by atoms with E-state index in [9.17, 15) is 13.2 Å². The predicted octanol–water partition coefficient (Wildman–Crippen LogP) is 2.33. The molecular formula is C17H16N2O3S. The molecule has 2 aromatic carbocycles. The third kappa shape index (κ3) is 2.56. The number of aromatic nitrogens is 1. The number of aryl methyl sites for hydroxylation is 1. The van der Waals surface area contributed by atoms with E-state index in [0.29, 0.717) is 16.5 Å². The minimum Gasteiger partial charge on any atom is -0.324 e. The number of benzene rings is 2. The van der Waals surface area contributed by atoms with Gasteiger partial charge in [0.2, 0.25) is 0 Å². The van der Waals surface area contributed by atoms with Gasteiger partial charge in [0, 0.05) is 17.1 Å². The summed E-state index contributed by atoms with van der Waals surface area (Å²) in [5, 5.41) is 0.582. The number of nitrogens with zero attached hydrogens (tertiary/aromatic N) is 1. The Morgan fingerprint density at radius 3 is 2.39 bits per heavy atom. The normalized spacial score (nSPS) is 11.7. The zero-order valence-electron chi connectivity index (χ0n) is 12.6. The molecule has 0 unspecified atom stereocenters. The van der Waals surface area contributed by atoms with Crippen molar-refractivity contribution < 1.29 is 13.2 Å². The molecule has 0 amide bonds. The van der Waals surface area contributed by atoms with Gasteiger partial charge in [-0.1, -0.05) is 35.9 Å². The van der Waals surface area contributed by atoms with E-state index in [0.717, 1.165) is 9.54 Å². The molecule has 23 heavy (non-hydrogen) atoms. The SMILES string of the molecule is Cc1ccc(S(=O)(=O)n2cc(C(=O)CN)c3ccccc32)cc1. The Bertz CT molecular complexity index is 986. The van der Waals surface area contributed by atoms with Crippen LogP contribution >= 0.6 is 0 Å². The van der Waals surface area contributed by atoms with Crippen LogP contribution in [0.25, 0.3) is 10.9 Å². The number of hydrogen-bond donors (Lipinski definition) is 1. The average Bonchev–Trinajstić information content (AvgIpc) is 2.95. The van der Waals surface area contributed by atoms with Crippen molar-refractivity contribution in [3.05, 3.63) is 65.9 Å². The molecule has 0 fully saturated rings. The molecule has 1 aromatic heterocycles. The van der Waals surface area contributed by atoms with Gasteiger partial charge in [0.05, 0.1) is 17.0 Å². The fraction of sp³-hybridized carbons (Fsp3) is 0.118. The highest BCUT2D eigenvalue weighted by Gasteiger charge is 2.22. The summed E-state index contributed by atoms with van der Waals surface area (Å²) < 4.78 is 27.0. The van der Waals surface area contributed by atoms with Crippen molar-refractivity contribution in [2.24, 2.45) is 5.73 Å². The average molecular weight is 328 g/mol. The summed E-state index contributed by atoms with van der Waals surface area (Å²) in [5.74, 6) is -0.293. The van der Waals surface area contributed by atoms with Crippen molar-refractivity contribution in [2.45, 2.75) is 11.8 Å². The molecule has 6 heteroatoms. The molecule has 0 saturated carbocycles. The molecule has 3 rings (SSSR count). The quantitative estimate of drug-likeness (QED) is 0.745. The summed E-state index contributed by atoms with van der Waals surface area (Å²) in [4.78, 5) is 12.2. The molecule has 0 bridgehead atoms. The van der Waals surface area contributed by atoms with Crippen molar-refractivity contribution >= 4 is 26.7 Å². The first kappa shape index (κ1) is 15.5. The van der Waals surface area contributed by atoms with Crippen molar-refractivity contribution in [1.29, 1.82) is 0 Å². The molecular weight excluding hydrogens is 312 g/mol. The van der Waals surface area contributed by atoms with Gasteiger partial charge in [0.25, 0.3) is 10.0 Å². The highest BCUT2D eigenvalue weighted by atomic mass is 32.2. The van der Waals surface area contributed by atoms with Gasteiger partial charge in [-0.3, -0.25) is 4.79 Å². The fourth-order valence-corrected chi connectivity index (χ4v) is 3.87. The first-order valence-electron chi connectivity index (χ1n) is 7.11. The maximum absolute atomic E-state index is 12.9. The maximum Gasteiger partial charge on any atom is 0.268 e. The molecule has 0 aliphatic rings. The molecule has 0 saturated heterocycles. The van der Waals surface area contributed by atoms with E-state index in [1.165, 1.54) is 6.20 Å². The molecule has 0 aliphatic heterocycles. The van der Waals surface area contributed by atoms with Crippen LogP contribution in [0, 0.1) is 6.92 Å². The number of carbonyl (C=O) groups excluding carboxylic acids is 1. The number of rotatable bonds is 4. The predicted molar refractivity (Wildman–Crippen MR) is 89.1 cm³/mol. The summed E-state index contributed by atoms with van der Waals surface area (Å²) >= 11 is 0. The zero-order chi connectivity index (χ0) is 16.6. The number of Topliss-reactive ketones (excluding diaryl/α,β-unsaturated/α-hetero) is 1. The molecule has 118 valence electrons. The van der Waals surface area contributed by atoms with E-state index in [-0.39, 0.29) is 17.2 Å². The number of para-hydroxylation sites is 1. The minimum absolute atomic E-state index is 0.168. The van der Waals surface area contributed by atoms with Crippen LogP contribution in [0.15, 0.2) is 59.6 Å². The van der Waals surface area contributed by atoms with E-state index < -0.39 is 10.0 Å². The highest BCUT2D eigenvalue weighted by Crippen LogP contribution is 2.26. The summed E-state index contributed by atoms with van der Waals surface area (Å²) in [7, 11) is -3.78. The van der Waals surface area contributed by atoms with Gasteiger partial charge in [-0.15, -0.1) is 0 Å². The van der Waals surface area contributed by atoms with Crippen molar-refractivity contribution in [1.82, 2.24) is 3.97 Å². The monoisotopic (exact) mass is 328 g/mol. The van der Waals surface area contributed by atoms with E-state index in [1.807, 2.05) is 6.92 Å². The van der Waals surface area contributed by atoms with Gasteiger partial charge in [0.1, 0.15) is 0 Å². The lowest BCUT2D eigenvalue weighted by Gasteiger charge is -2.07. The minimum atomic E-state index is -3.78. The van der Waals surface area contributed by atoms with Crippen LogP contribution < -0.4 is 5.73 Å². The second-order valence-electron chi connectivity index (χ2n) is 5.30. The van der Waals surface area contributed by atoms with Crippen LogP contribution in [0.5, 0.6) is 0 Å². The molecule has 0 aliphatic carbocycles. The molecule has 1 heterocycles. The van der Waals surface area contributed by atoms with Crippen molar-refractivity contribution in [3.63, 3.8) is 0 Å². The summed E-state index contributed by atoms with van der Waals surface area (Å²) in [6.45, 7) is 1.72. The van der Waals surface area contributed by atoms with E-state index in [4.69, 9.17) is 5.73 Å². The molecule has 0 radical (unpaired) electrons. The summed E-state index contributed by atoms with van der Waals surface area (Å²) in [5.41, 5.74) is 7.19. The van der Waals surface area contributed by atoms with Gasteiger partial charge in [-0.25, -0.2) is 12.4 Å². The lowest BCUT2D eigenvalue weighted by molar-refractivity contribution is 0.100. The van der Waals surface area contributed by atoms with Crippen LogP contribution in [0.1, 0.15) is 15.9 Å². The smallest absolute Gasteiger partial charge is 0.268 e. The topological polar surface area (TPSA) is 82.2 Å². The van der Waals surface area contributed by atoms with Gasteiger partial charge in [0.15, 0.2) is 5.78 Å². The largest absolute Gasteiger partial charge is 0.324 e. The van der Waals surface area contributed by atoms with Crippen LogP contribution in [0.2, 0.25) is 0 Å². The van der Waals surface area contributed by atoms with E-state index in [2.05, 4.69) is 0 Å². The van der Waals surface area contributed by atoms with Crippen LogP contribution in [-0.4, -0.2) is 24.7 Å². The standard InChI is InChI=1S/C17H16N2O3S/c1-12-6-8-13(9-7-12)23(21,22)19-11-15(17(20)10-18)14-4-2-3-5-16(14)19/h2-9,11H,10,18H2,1H3. The second-order valence-corrected chi connectivity index (χ2v) is 7.12. The molecule has 3 aromatic rings. The third-order valence-corrected chi connectivity index (χ3v) is 5.43. The zero-order valence-corrected chi connectivity index (χ0v) is 13.4. The summed E-state index contributed by atoms with van der Waals surface area (Å²) in [6, 6.07) is 13.5. The number of carbonyl (C=O) groups is 1. The van der Waals surface area contributed by atoms with Crippen LogP contribution in [0.4, 0.5) is 0 Å². The first-order chi connectivity index (χ1) is 10.9. The second kappa shape index (κ2) is 5.64. The van der Waals surface area contributed by atoms with Gasteiger partial charge in [-0.05, 0) is 25.1 Å². The van der Waals surface area contributed by atoms with Crippen molar-refractivity contribution in [3.8, 4) is 0 Å². The number of ketones is 1. The Labute approximate surface area is 134 Å². The van der Waals surface area contributed by atoms with E-state index >= 15 is 0 Å².